The summed E-state index contributed by atoms with van der Waals surface area (Å²) in [6.07, 6.45) is 1.61. The quantitative estimate of drug-likeness (QED) is 0.791. The van der Waals surface area contributed by atoms with E-state index in [-0.39, 0.29) is 12.5 Å². The first-order chi connectivity index (χ1) is 13.8. The molecule has 1 saturated heterocycles. The molecule has 1 heterocycles. The van der Waals surface area contributed by atoms with Crippen molar-refractivity contribution in [2.45, 2.75) is 13.8 Å². The number of anilines is 1. The van der Waals surface area contributed by atoms with E-state index in [1.807, 2.05) is 67.3 Å². The summed E-state index contributed by atoms with van der Waals surface area (Å²) in [5.41, 5.74) is 3.94. The van der Waals surface area contributed by atoms with Gasteiger partial charge >= 0.3 is 0 Å². The van der Waals surface area contributed by atoms with E-state index in [2.05, 4.69) is 5.32 Å². The molecule has 0 radical (unpaired) electrons. The summed E-state index contributed by atoms with van der Waals surface area (Å²) < 4.78 is 26.5. The summed E-state index contributed by atoms with van der Waals surface area (Å²) in [6, 6.07) is 15.2. The molecule has 1 amide bonds. The predicted molar refractivity (Wildman–Crippen MR) is 117 cm³/mol. The molecule has 0 aliphatic carbocycles. The fourth-order valence-corrected chi connectivity index (χ4v) is 4.35. The normalized spacial score (nSPS) is 16.2. The number of benzene rings is 2. The van der Waals surface area contributed by atoms with Crippen LogP contribution in [0, 0.1) is 13.8 Å². The molecule has 1 aliphatic heterocycles. The Kier molecular flexibility index (Phi) is 6.84. The van der Waals surface area contributed by atoms with Crippen molar-refractivity contribution in [2.75, 3.05) is 38.0 Å². The van der Waals surface area contributed by atoms with Crippen molar-refractivity contribution in [3.8, 4) is 0 Å². The Morgan fingerprint density at radius 2 is 1.69 bits per heavy atom. The monoisotopic (exact) mass is 413 g/mol. The van der Waals surface area contributed by atoms with Crippen LogP contribution in [0.25, 0.3) is 6.08 Å². The average molecular weight is 414 g/mol. The minimum Gasteiger partial charge on any atom is -0.325 e. The van der Waals surface area contributed by atoms with Crippen LogP contribution in [0.2, 0.25) is 0 Å². The van der Waals surface area contributed by atoms with Gasteiger partial charge in [-0.05, 0) is 48.7 Å². The largest absolute Gasteiger partial charge is 0.325 e. The molecule has 1 fully saturated rings. The van der Waals surface area contributed by atoms with Gasteiger partial charge in [-0.3, -0.25) is 9.69 Å². The predicted octanol–water partition coefficient (Wildman–Crippen LogP) is 2.86. The molecule has 2 aromatic carbocycles. The Labute approximate surface area is 172 Å². The number of sulfonamides is 1. The van der Waals surface area contributed by atoms with Gasteiger partial charge < -0.3 is 5.32 Å². The lowest BCUT2D eigenvalue weighted by Gasteiger charge is -2.32. The van der Waals surface area contributed by atoms with Gasteiger partial charge in [-0.25, -0.2) is 8.42 Å². The molecule has 3 rings (SSSR count). The highest BCUT2D eigenvalue weighted by atomic mass is 32.2. The molecule has 154 valence electrons. The minimum absolute atomic E-state index is 0.0893. The average Bonchev–Trinajstić information content (AvgIpc) is 2.70. The van der Waals surface area contributed by atoms with Crippen LogP contribution < -0.4 is 5.32 Å². The van der Waals surface area contributed by atoms with Crippen LogP contribution in [-0.4, -0.2) is 56.3 Å². The van der Waals surface area contributed by atoms with Crippen molar-refractivity contribution in [3.63, 3.8) is 0 Å². The van der Waals surface area contributed by atoms with Gasteiger partial charge in [0.25, 0.3) is 0 Å². The highest BCUT2D eigenvalue weighted by molar-refractivity contribution is 7.92. The first-order valence-electron chi connectivity index (χ1n) is 9.66. The summed E-state index contributed by atoms with van der Waals surface area (Å²) in [5, 5.41) is 4.17. The molecule has 29 heavy (non-hydrogen) atoms. The Morgan fingerprint density at radius 3 is 2.34 bits per heavy atom. The third kappa shape index (κ3) is 6.00. The van der Waals surface area contributed by atoms with Gasteiger partial charge in [-0.15, -0.1) is 0 Å². The van der Waals surface area contributed by atoms with Gasteiger partial charge in [0.05, 0.1) is 6.54 Å². The van der Waals surface area contributed by atoms with E-state index in [9.17, 15) is 13.2 Å². The van der Waals surface area contributed by atoms with E-state index in [0.717, 1.165) is 16.8 Å². The Balaban J connectivity index is 1.50. The summed E-state index contributed by atoms with van der Waals surface area (Å²) in [5.74, 6) is -0.0893. The number of rotatable bonds is 6. The van der Waals surface area contributed by atoms with Crippen LogP contribution in [0.5, 0.6) is 0 Å². The first-order valence-corrected chi connectivity index (χ1v) is 11.2. The molecular weight excluding hydrogens is 386 g/mol. The van der Waals surface area contributed by atoms with E-state index in [1.54, 1.807) is 6.08 Å². The Morgan fingerprint density at radius 1 is 1.00 bits per heavy atom. The van der Waals surface area contributed by atoms with E-state index in [4.69, 9.17) is 0 Å². The number of nitrogens with zero attached hydrogens (tertiary/aromatic N) is 2. The lowest BCUT2D eigenvalue weighted by atomic mass is 10.1. The third-order valence-electron chi connectivity index (χ3n) is 5.08. The molecular formula is C22H27N3O3S. The molecule has 2 aromatic rings. The number of carbonyl (C=O) groups excluding carboxylic acids is 1. The molecule has 0 bridgehead atoms. The molecule has 0 aromatic heterocycles. The van der Waals surface area contributed by atoms with Crippen LogP contribution in [0.1, 0.15) is 16.7 Å². The lowest BCUT2D eigenvalue weighted by Crippen LogP contribution is -2.49. The summed E-state index contributed by atoms with van der Waals surface area (Å²) in [7, 11) is -3.47. The second-order valence-corrected chi connectivity index (χ2v) is 9.10. The van der Waals surface area contributed by atoms with E-state index in [0.29, 0.717) is 26.2 Å². The van der Waals surface area contributed by atoms with Gasteiger partial charge in [0.1, 0.15) is 0 Å². The molecule has 0 atom stereocenters. The highest BCUT2D eigenvalue weighted by Crippen LogP contribution is 2.15. The number of nitrogens with one attached hydrogen (secondary N) is 1. The second-order valence-electron chi connectivity index (χ2n) is 7.28. The fraction of sp³-hybridized carbons (Fsp3) is 0.318. The topological polar surface area (TPSA) is 69.7 Å². The number of aryl methyl sites for hydroxylation is 2. The minimum atomic E-state index is -3.47. The van der Waals surface area contributed by atoms with Gasteiger partial charge in [0.15, 0.2) is 0 Å². The maximum atomic E-state index is 12.5. The van der Waals surface area contributed by atoms with Crippen molar-refractivity contribution >= 4 is 27.7 Å². The molecule has 0 unspecified atom stereocenters. The van der Waals surface area contributed by atoms with E-state index < -0.39 is 10.0 Å². The van der Waals surface area contributed by atoms with Crippen molar-refractivity contribution in [1.29, 1.82) is 0 Å². The number of piperazine rings is 1. The summed E-state index contributed by atoms with van der Waals surface area (Å²) in [4.78, 5) is 14.3. The van der Waals surface area contributed by atoms with E-state index >= 15 is 0 Å². The molecule has 0 saturated carbocycles. The second kappa shape index (κ2) is 9.35. The molecule has 6 nitrogen and oxygen atoms in total. The lowest BCUT2D eigenvalue weighted by molar-refractivity contribution is -0.117. The fourth-order valence-electron chi connectivity index (χ4n) is 3.18. The van der Waals surface area contributed by atoms with Crippen LogP contribution in [0.4, 0.5) is 5.69 Å². The molecule has 1 N–H and O–H groups in total. The number of carbonyl (C=O) groups is 1. The van der Waals surface area contributed by atoms with Crippen LogP contribution in [0.3, 0.4) is 0 Å². The molecule has 7 heteroatoms. The van der Waals surface area contributed by atoms with Crippen molar-refractivity contribution < 1.29 is 13.2 Å². The summed E-state index contributed by atoms with van der Waals surface area (Å²) >= 11 is 0. The van der Waals surface area contributed by atoms with Crippen molar-refractivity contribution in [2.24, 2.45) is 0 Å². The number of hydrogen-bond donors (Lipinski definition) is 1. The standard InChI is InChI=1S/C22H27N3O3S/c1-18-8-9-21(16-19(18)2)23-22(26)17-24-11-13-25(14-12-24)29(27,28)15-10-20-6-4-3-5-7-20/h3-10,15-16H,11-14,17H2,1-2H3,(H,23,26). The SMILES string of the molecule is Cc1ccc(NC(=O)CN2CCN(S(=O)(=O)C=Cc3ccccc3)CC2)cc1C. The maximum absolute atomic E-state index is 12.5. The zero-order valence-corrected chi connectivity index (χ0v) is 17.7. The molecule has 1 aliphatic rings. The van der Waals surface area contributed by atoms with Crippen LogP contribution in [-0.2, 0) is 14.8 Å². The highest BCUT2D eigenvalue weighted by Gasteiger charge is 2.25. The number of hydrogen-bond acceptors (Lipinski definition) is 4. The van der Waals surface area contributed by atoms with Gasteiger partial charge in [-0.1, -0.05) is 36.4 Å². The smallest absolute Gasteiger partial charge is 0.238 e. The summed E-state index contributed by atoms with van der Waals surface area (Å²) in [6.45, 7) is 6.09. The van der Waals surface area contributed by atoms with E-state index in [1.165, 1.54) is 15.3 Å². The first kappa shape index (κ1) is 21.2. The Hall–Kier alpha value is -2.48. The Bertz CT molecular complexity index is 980. The zero-order chi connectivity index (χ0) is 20.9. The van der Waals surface area contributed by atoms with Crippen LogP contribution in [0.15, 0.2) is 53.9 Å². The van der Waals surface area contributed by atoms with Crippen molar-refractivity contribution in [1.82, 2.24) is 9.21 Å². The zero-order valence-electron chi connectivity index (χ0n) is 16.8. The number of amides is 1. The third-order valence-corrected chi connectivity index (χ3v) is 6.65. The van der Waals surface area contributed by atoms with Gasteiger partial charge in [0.2, 0.25) is 15.9 Å². The molecule has 0 spiro atoms. The van der Waals surface area contributed by atoms with Crippen molar-refractivity contribution in [3.05, 3.63) is 70.6 Å². The van der Waals surface area contributed by atoms with Gasteiger partial charge in [-0.2, -0.15) is 4.31 Å². The van der Waals surface area contributed by atoms with Gasteiger partial charge in [0, 0.05) is 37.3 Å². The maximum Gasteiger partial charge on any atom is 0.238 e. The van der Waals surface area contributed by atoms with Crippen LogP contribution >= 0.6 is 0 Å².